The van der Waals surface area contributed by atoms with Crippen LogP contribution in [-0.4, -0.2) is 36.0 Å². The Hall–Kier alpha value is -2.36. The van der Waals surface area contributed by atoms with Crippen LogP contribution >= 0.6 is 0 Å². The van der Waals surface area contributed by atoms with Crippen molar-refractivity contribution >= 4 is 5.96 Å². The average Bonchev–Trinajstić information content (AvgIpc) is 2.56. The lowest BCUT2D eigenvalue weighted by Crippen LogP contribution is -2.38. The maximum Gasteiger partial charge on any atom is 0.193 e. The summed E-state index contributed by atoms with van der Waals surface area (Å²) in [5, 5.41) is 3.34. The fourth-order valence-corrected chi connectivity index (χ4v) is 2.22. The smallest absolute Gasteiger partial charge is 0.193 e. The summed E-state index contributed by atoms with van der Waals surface area (Å²) in [6.45, 7) is 4.53. The van der Waals surface area contributed by atoms with Crippen molar-refractivity contribution in [1.82, 2.24) is 15.2 Å². The molecule has 0 atom stereocenters. The summed E-state index contributed by atoms with van der Waals surface area (Å²) in [6, 6.07) is 16.4. The van der Waals surface area contributed by atoms with E-state index >= 15 is 0 Å². The standard InChI is InChI=1S/C18H24N4/c1-3-19-18(21-14-12-17-11-7-8-13-20-17)22(2)15-16-9-5-4-6-10-16/h4-11,13H,3,12,14-15H2,1-2H3,(H,19,21). The number of nitrogens with zero attached hydrogens (tertiary/aromatic N) is 3. The Morgan fingerprint density at radius 3 is 2.59 bits per heavy atom. The normalized spacial score (nSPS) is 11.3. The van der Waals surface area contributed by atoms with Crippen LogP contribution in [0.2, 0.25) is 0 Å². The number of aliphatic imine (C=N–C) groups is 1. The van der Waals surface area contributed by atoms with Crippen LogP contribution < -0.4 is 5.32 Å². The van der Waals surface area contributed by atoms with Crippen LogP contribution in [0.25, 0.3) is 0 Å². The molecule has 1 aromatic heterocycles. The van der Waals surface area contributed by atoms with Gasteiger partial charge < -0.3 is 10.2 Å². The summed E-state index contributed by atoms with van der Waals surface area (Å²) in [5.41, 5.74) is 2.35. The quantitative estimate of drug-likeness (QED) is 0.658. The van der Waals surface area contributed by atoms with Crippen molar-refractivity contribution in [3.8, 4) is 0 Å². The van der Waals surface area contributed by atoms with Gasteiger partial charge in [0.2, 0.25) is 0 Å². The van der Waals surface area contributed by atoms with Gasteiger partial charge in [-0.1, -0.05) is 36.4 Å². The van der Waals surface area contributed by atoms with E-state index in [9.17, 15) is 0 Å². The molecule has 4 nitrogen and oxygen atoms in total. The second-order valence-electron chi connectivity index (χ2n) is 5.15. The fourth-order valence-electron chi connectivity index (χ4n) is 2.22. The van der Waals surface area contributed by atoms with Gasteiger partial charge in [0.15, 0.2) is 5.96 Å². The van der Waals surface area contributed by atoms with Crippen molar-refractivity contribution < 1.29 is 0 Å². The van der Waals surface area contributed by atoms with Crippen molar-refractivity contribution in [3.63, 3.8) is 0 Å². The number of hydrogen-bond donors (Lipinski definition) is 1. The first kappa shape index (κ1) is 16.0. The summed E-state index contributed by atoms with van der Waals surface area (Å²) in [7, 11) is 2.06. The van der Waals surface area contributed by atoms with E-state index in [4.69, 9.17) is 4.99 Å². The van der Waals surface area contributed by atoms with Gasteiger partial charge in [-0.2, -0.15) is 0 Å². The van der Waals surface area contributed by atoms with Crippen LogP contribution in [0.3, 0.4) is 0 Å². The van der Waals surface area contributed by atoms with Crippen molar-refractivity contribution in [2.45, 2.75) is 19.9 Å². The molecule has 0 saturated heterocycles. The monoisotopic (exact) mass is 296 g/mol. The molecule has 116 valence electrons. The fraction of sp³-hybridized carbons (Fsp3) is 0.333. The minimum Gasteiger partial charge on any atom is -0.357 e. The topological polar surface area (TPSA) is 40.5 Å². The maximum absolute atomic E-state index is 4.70. The number of nitrogens with one attached hydrogen (secondary N) is 1. The van der Waals surface area contributed by atoms with Gasteiger partial charge >= 0.3 is 0 Å². The van der Waals surface area contributed by atoms with E-state index < -0.39 is 0 Å². The number of aromatic nitrogens is 1. The summed E-state index contributed by atoms with van der Waals surface area (Å²) in [4.78, 5) is 11.2. The third-order valence-electron chi connectivity index (χ3n) is 3.31. The number of hydrogen-bond acceptors (Lipinski definition) is 2. The van der Waals surface area contributed by atoms with Crippen molar-refractivity contribution in [1.29, 1.82) is 0 Å². The van der Waals surface area contributed by atoms with E-state index in [0.717, 1.165) is 37.7 Å². The van der Waals surface area contributed by atoms with E-state index in [1.165, 1.54) is 5.56 Å². The Labute approximate surface area is 132 Å². The third kappa shape index (κ3) is 5.20. The highest BCUT2D eigenvalue weighted by atomic mass is 15.3. The molecule has 0 bridgehead atoms. The van der Waals surface area contributed by atoms with E-state index in [1.807, 2.05) is 30.5 Å². The van der Waals surface area contributed by atoms with Crippen LogP contribution in [0.15, 0.2) is 59.7 Å². The molecule has 0 aliphatic rings. The Balaban J connectivity index is 1.94. The molecular formula is C18H24N4. The first-order valence-electron chi connectivity index (χ1n) is 7.73. The first-order chi connectivity index (χ1) is 10.8. The SMILES string of the molecule is CCNC(=NCCc1ccccn1)N(C)Cc1ccccc1. The lowest BCUT2D eigenvalue weighted by atomic mass is 10.2. The zero-order valence-corrected chi connectivity index (χ0v) is 13.4. The summed E-state index contributed by atoms with van der Waals surface area (Å²) in [5.74, 6) is 0.933. The van der Waals surface area contributed by atoms with E-state index in [0.29, 0.717) is 0 Å². The summed E-state index contributed by atoms with van der Waals surface area (Å²) >= 11 is 0. The molecule has 1 aromatic carbocycles. The highest BCUT2D eigenvalue weighted by molar-refractivity contribution is 5.79. The maximum atomic E-state index is 4.70. The van der Waals surface area contributed by atoms with Crippen molar-refractivity contribution in [2.75, 3.05) is 20.1 Å². The van der Waals surface area contributed by atoms with Gasteiger partial charge in [0, 0.05) is 45.0 Å². The van der Waals surface area contributed by atoms with Crippen LogP contribution in [-0.2, 0) is 13.0 Å². The van der Waals surface area contributed by atoms with Crippen molar-refractivity contribution in [3.05, 3.63) is 66.0 Å². The summed E-state index contributed by atoms with van der Waals surface area (Å²) in [6.07, 6.45) is 2.68. The second-order valence-corrected chi connectivity index (χ2v) is 5.15. The van der Waals surface area contributed by atoms with Gasteiger partial charge in [0.25, 0.3) is 0 Å². The van der Waals surface area contributed by atoms with Gasteiger partial charge in [0.05, 0.1) is 0 Å². The molecule has 1 N–H and O–H groups in total. The molecule has 2 rings (SSSR count). The third-order valence-corrected chi connectivity index (χ3v) is 3.31. The Morgan fingerprint density at radius 1 is 1.14 bits per heavy atom. The lowest BCUT2D eigenvalue weighted by molar-refractivity contribution is 0.477. The van der Waals surface area contributed by atoms with Gasteiger partial charge in [-0.25, -0.2) is 0 Å². The zero-order chi connectivity index (χ0) is 15.6. The van der Waals surface area contributed by atoms with Crippen LogP contribution in [0.1, 0.15) is 18.2 Å². The molecule has 2 aromatic rings. The van der Waals surface area contributed by atoms with Gasteiger partial charge in [-0.3, -0.25) is 9.98 Å². The number of pyridine rings is 1. The average molecular weight is 296 g/mol. The van der Waals surface area contributed by atoms with Crippen LogP contribution in [0.5, 0.6) is 0 Å². The molecule has 22 heavy (non-hydrogen) atoms. The van der Waals surface area contributed by atoms with Gasteiger partial charge in [-0.15, -0.1) is 0 Å². The summed E-state index contributed by atoms with van der Waals surface area (Å²) < 4.78 is 0. The Morgan fingerprint density at radius 2 is 1.91 bits per heavy atom. The first-order valence-corrected chi connectivity index (χ1v) is 7.73. The molecule has 0 unspecified atom stereocenters. The molecule has 0 radical (unpaired) electrons. The molecule has 1 heterocycles. The molecule has 4 heteroatoms. The predicted octanol–water partition coefficient (Wildman–Crippen LogP) is 2.72. The number of benzene rings is 1. The highest BCUT2D eigenvalue weighted by Crippen LogP contribution is 2.03. The van der Waals surface area contributed by atoms with Gasteiger partial charge in [-0.05, 0) is 24.6 Å². The van der Waals surface area contributed by atoms with Crippen LogP contribution in [0, 0.1) is 0 Å². The lowest BCUT2D eigenvalue weighted by Gasteiger charge is -2.22. The van der Waals surface area contributed by atoms with E-state index in [2.05, 4.69) is 53.4 Å². The Bertz CT molecular complexity index is 566. The minimum absolute atomic E-state index is 0.735. The Kier molecular flexibility index (Phi) is 6.42. The van der Waals surface area contributed by atoms with Crippen LogP contribution in [0.4, 0.5) is 0 Å². The molecular weight excluding hydrogens is 272 g/mol. The van der Waals surface area contributed by atoms with E-state index in [-0.39, 0.29) is 0 Å². The molecule has 0 spiro atoms. The molecule has 0 amide bonds. The number of rotatable bonds is 6. The minimum atomic E-state index is 0.735. The molecule has 0 aliphatic heterocycles. The van der Waals surface area contributed by atoms with E-state index in [1.54, 1.807) is 0 Å². The number of guanidine groups is 1. The molecule has 0 saturated carbocycles. The highest BCUT2D eigenvalue weighted by Gasteiger charge is 2.06. The zero-order valence-electron chi connectivity index (χ0n) is 13.4. The second kappa shape index (κ2) is 8.82. The molecule has 0 fully saturated rings. The van der Waals surface area contributed by atoms with Crippen molar-refractivity contribution in [2.24, 2.45) is 4.99 Å². The predicted molar refractivity (Wildman–Crippen MR) is 91.8 cm³/mol. The van der Waals surface area contributed by atoms with Gasteiger partial charge in [0.1, 0.15) is 0 Å². The molecule has 0 aliphatic carbocycles. The largest absolute Gasteiger partial charge is 0.357 e.